The number of sulfonamides is 1. The van der Waals surface area contributed by atoms with Crippen LogP contribution in [0.5, 0.6) is 0 Å². The van der Waals surface area contributed by atoms with Crippen LogP contribution in [0.25, 0.3) is 0 Å². The number of anilines is 2. The molecule has 0 saturated carbocycles. The molecule has 1 aromatic heterocycles. The van der Waals surface area contributed by atoms with E-state index in [4.69, 9.17) is 17.3 Å². The zero-order valence-corrected chi connectivity index (χ0v) is 12.2. The Balaban J connectivity index is 2.33. The maximum Gasteiger partial charge on any atom is 0.271 e. The predicted molar refractivity (Wildman–Crippen MR) is 75.7 cm³/mol. The van der Waals surface area contributed by atoms with Gasteiger partial charge in [0.1, 0.15) is 10.0 Å². The van der Waals surface area contributed by atoms with Crippen molar-refractivity contribution in [1.82, 2.24) is 0 Å². The standard InChI is InChI=1S/C11H10ClFN2O2S2/c1-6-4-10(18-11(6)12)19(16,17)15-7-2-3-8(13)9(14)5-7/h2-5,15H,14H2,1H3. The van der Waals surface area contributed by atoms with E-state index in [-0.39, 0.29) is 15.6 Å². The summed E-state index contributed by atoms with van der Waals surface area (Å²) >= 11 is 6.80. The Bertz CT molecular complexity index is 709. The Kier molecular flexibility index (Phi) is 3.71. The van der Waals surface area contributed by atoms with E-state index in [1.807, 2.05) is 0 Å². The van der Waals surface area contributed by atoms with Crippen LogP contribution in [0, 0.1) is 12.7 Å². The quantitative estimate of drug-likeness (QED) is 0.853. The predicted octanol–water partition coefficient (Wildman–Crippen LogP) is 3.23. The van der Waals surface area contributed by atoms with Crippen molar-refractivity contribution in [2.45, 2.75) is 11.1 Å². The lowest BCUT2D eigenvalue weighted by molar-refractivity contribution is 0.603. The van der Waals surface area contributed by atoms with Gasteiger partial charge in [0.15, 0.2) is 0 Å². The highest BCUT2D eigenvalue weighted by Gasteiger charge is 2.18. The van der Waals surface area contributed by atoms with Crippen molar-refractivity contribution >= 4 is 44.3 Å². The number of hydrogen-bond acceptors (Lipinski definition) is 4. The third kappa shape index (κ3) is 2.99. The second-order valence-electron chi connectivity index (χ2n) is 3.86. The first-order valence-corrected chi connectivity index (χ1v) is 7.81. The smallest absolute Gasteiger partial charge is 0.271 e. The summed E-state index contributed by atoms with van der Waals surface area (Å²) in [5.41, 5.74) is 6.13. The fraction of sp³-hybridized carbons (Fsp3) is 0.0909. The second kappa shape index (κ2) is 4.99. The molecule has 0 bridgehead atoms. The minimum atomic E-state index is -3.74. The van der Waals surface area contributed by atoms with Crippen LogP contribution in [0.15, 0.2) is 28.5 Å². The maximum absolute atomic E-state index is 13.0. The number of nitrogens with two attached hydrogens (primary N) is 1. The number of benzene rings is 1. The topological polar surface area (TPSA) is 72.2 Å². The lowest BCUT2D eigenvalue weighted by Crippen LogP contribution is -2.11. The maximum atomic E-state index is 13.0. The number of hydrogen-bond donors (Lipinski definition) is 2. The molecular formula is C11H10ClFN2O2S2. The molecule has 0 saturated heterocycles. The zero-order valence-electron chi connectivity index (χ0n) is 9.78. The average molecular weight is 321 g/mol. The molecule has 0 aliphatic rings. The summed E-state index contributed by atoms with van der Waals surface area (Å²) in [5.74, 6) is -0.599. The summed E-state index contributed by atoms with van der Waals surface area (Å²) in [6, 6.07) is 5.09. The Hall–Kier alpha value is -1.31. The molecule has 1 heterocycles. The van der Waals surface area contributed by atoms with Crippen LogP contribution in [0.1, 0.15) is 5.56 Å². The molecule has 2 aromatic rings. The molecule has 102 valence electrons. The zero-order chi connectivity index (χ0) is 14.2. The van der Waals surface area contributed by atoms with Gasteiger partial charge in [0.25, 0.3) is 10.0 Å². The Morgan fingerprint density at radius 3 is 2.58 bits per heavy atom. The van der Waals surface area contributed by atoms with Gasteiger partial charge in [0, 0.05) is 0 Å². The fourth-order valence-corrected chi connectivity index (χ4v) is 4.13. The molecule has 0 radical (unpaired) electrons. The van der Waals surface area contributed by atoms with E-state index >= 15 is 0 Å². The van der Waals surface area contributed by atoms with Crippen LogP contribution in [0.2, 0.25) is 4.34 Å². The third-order valence-electron chi connectivity index (χ3n) is 2.35. The van der Waals surface area contributed by atoms with Crippen LogP contribution in [-0.4, -0.2) is 8.42 Å². The van der Waals surface area contributed by atoms with Gasteiger partial charge in [-0.2, -0.15) is 0 Å². The van der Waals surface area contributed by atoms with E-state index in [2.05, 4.69) is 4.72 Å². The summed E-state index contributed by atoms with van der Waals surface area (Å²) in [6.07, 6.45) is 0. The van der Waals surface area contributed by atoms with Gasteiger partial charge in [-0.25, -0.2) is 12.8 Å². The SMILES string of the molecule is Cc1cc(S(=O)(=O)Nc2ccc(F)c(N)c2)sc1Cl. The van der Waals surface area contributed by atoms with Crippen LogP contribution in [0.3, 0.4) is 0 Å². The molecule has 2 rings (SSSR count). The normalized spacial score (nSPS) is 11.5. The number of rotatable bonds is 3. The molecule has 0 aliphatic carbocycles. The molecule has 0 aliphatic heterocycles. The molecule has 0 spiro atoms. The molecule has 8 heteroatoms. The van der Waals surface area contributed by atoms with E-state index in [9.17, 15) is 12.8 Å². The van der Waals surface area contributed by atoms with Gasteiger partial charge >= 0.3 is 0 Å². The van der Waals surface area contributed by atoms with E-state index < -0.39 is 15.8 Å². The summed E-state index contributed by atoms with van der Waals surface area (Å²) in [6.45, 7) is 1.72. The summed E-state index contributed by atoms with van der Waals surface area (Å²) in [7, 11) is -3.74. The first-order chi connectivity index (χ1) is 8.79. The molecule has 3 N–H and O–H groups in total. The first-order valence-electron chi connectivity index (χ1n) is 5.13. The molecule has 0 atom stereocenters. The summed E-state index contributed by atoms with van der Waals surface area (Å²) < 4.78 is 40.0. The van der Waals surface area contributed by atoms with Crippen LogP contribution < -0.4 is 10.5 Å². The fourth-order valence-electron chi connectivity index (χ4n) is 1.38. The minimum absolute atomic E-state index is 0.0953. The number of halogens is 2. The van der Waals surface area contributed by atoms with E-state index in [1.165, 1.54) is 18.2 Å². The number of nitrogen functional groups attached to an aromatic ring is 1. The monoisotopic (exact) mass is 320 g/mol. The van der Waals surface area contributed by atoms with Crippen molar-refractivity contribution < 1.29 is 12.8 Å². The summed E-state index contributed by atoms with van der Waals surface area (Å²) in [4.78, 5) is 0. The molecule has 0 fully saturated rings. The largest absolute Gasteiger partial charge is 0.396 e. The van der Waals surface area contributed by atoms with Crippen molar-refractivity contribution in [3.63, 3.8) is 0 Å². The van der Waals surface area contributed by atoms with Crippen LogP contribution in [-0.2, 0) is 10.0 Å². The highest BCUT2D eigenvalue weighted by Crippen LogP contribution is 2.31. The Labute approximate surface area is 119 Å². The number of aryl methyl sites for hydroxylation is 1. The molecular weight excluding hydrogens is 311 g/mol. The van der Waals surface area contributed by atoms with Gasteiger partial charge in [0.2, 0.25) is 0 Å². The first kappa shape index (κ1) is 14.1. The van der Waals surface area contributed by atoms with E-state index in [0.29, 0.717) is 9.90 Å². The molecule has 4 nitrogen and oxygen atoms in total. The van der Waals surface area contributed by atoms with Gasteiger partial charge in [-0.05, 0) is 36.8 Å². The Morgan fingerprint density at radius 2 is 2.05 bits per heavy atom. The van der Waals surface area contributed by atoms with Gasteiger partial charge in [-0.3, -0.25) is 4.72 Å². The van der Waals surface area contributed by atoms with E-state index in [0.717, 1.165) is 17.4 Å². The molecule has 19 heavy (non-hydrogen) atoms. The van der Waals surface area contributed by atoms with Gasteiger partial charge in [-0.15, -0.1) is 11.3 Å². The minimum Gasteiger partial charge on any atom is -0.396 e. The van der Waals surface area contributed by atoms with Gasteiger partial charge in [0.05, 0.1) is 15.7 Å². The van der Waals surface area contributed by atoms with Gasteiger partial charge < -0.3 is 5.73 Å². The highest BCUT2D eigenvalue weighted by atomic mass is 35.5. The number of nitrogens with one attached hydrogen (secondary N) is 1. The van der Waals surface area contributed by atoms with E-state index in [1.54, 1.807) is 6.92 Å². The van der Waals surface area contributed by atoms with Crippen molar-refractivity contribution in [1.29, 1.82) is 0 Å². The third-order valence-corrected chi connectivity index (χ3v) is 5.76. The summed E-state index contributed by atoms with van der Waals surface area (Å²) in [5, 5.41) is 0. The molecule has 1 aromatic carbocycles. The second-order valence-corrected chi connectivity index (χ2v) is 7.43. The lowest BCUT2D eigenvalue weighted by atomic mass is 10.3. The van der Waals surface area contributed by atoms with Gasteiger partial charge in [-0.1, -0.05) is 11.6 Å². The Morgan fingerprint density at radius 1 is 1.37 bits per heavy atom. The van der Waals surface area contributed by atoms with Crippen molar-refractivity contribution in [2.75, 3.05) is 10.5 Å². The molecule has 0 unspecified atom stereocenters. The number of thiophene rings is 1. The van der Waals surface area contributed by atoms with Crippen molar-refractivity contribution in [3.05, 3.63) is 40.0 Å². The van der Waals surface area contributed by atoms with Crippen LogP contribution in [0.4, 0.5) is 15.8 Å². The van der Waals surface area contributed by atoms with Crippen molar-refractivity contribution in [3.8, 4) is 0 Å². The lowest BCUT2D eigenvalue weighted by Gasteiger charge is -2.07. The average Bonchev–Trinajstić information content (AvgIpc) is 2.65. The van der Waals surface area contributed by atoms with Crippen LogP contribution >= 0.6 is 22.9 Å². The highest BCUT2D eigenvalue weighted by molar-refractivity contribution is 7.94. The molecule has 0 amide bonds. The van der Waals surface area contributed by atoms with Crippen molar-refractivity contribution in [2.24, 2.45) is 0 Å².